The molecule has 1 fully saturated rings. The van der Waals surface area contributed by atoms with E-state index in [1.807, 2.05) is 0 Å². The molecule has 0 aliphatic carbocycles. The second kappa shape index (κ2) is 3.85. The molecule has 10 heavy (non-hydrogen) atoms. The van der Waals surface area contributed by atoms with Crippen molar-refractivity contribution in [3.05, 3.63) is 0 Å². The SMILES string of the molecule is SC1(S)CCCCCOO1. The Bertz CT molecular complexity index is 95.9. The van der Waals surface area contributed by atoms with E-state index in [-0.39, 0.29) is 0 Å². The van der Waals surface area contributed by atoms with E-state index >= 15 is 0 Å². The minimum absolute atomic E-state index is 0.656. The van der Waals surface area contributed by atoms with Gasteiger partial charge in [-0.05, 0) is 19.3 Å². The number of thiol groups is 2. The summed E-state index contributed by atoms with van der Waals surface area (Å²) in [5.74, 6) is 0. The highest BCUT2D eigenvalue weighted by Crippen LogP contribution is 2.29. The van der Waals surface area contributed by atoms with Crippen molar-refractivity contribution >= 4 is 25.3 Å². The Hall–Kier alpha value is 0.620. The third kappa shape index (κ3) is 3.14. The Labute approximate surface area is 72.0 Å². The highest BCUT2D eigenvalue weighted by molar-refractivity contribution is 8.00. The van der Waals surface area contributed by atoms with Crippen LogP contribution in [0.4, 0.5) is 0 Å². The Morgan fingerprint density at radius 1 is 1.10 bits per heavy atom. The van der Waals surface area contributed by atoms with Gasteiger partial charge in [0.1, 0.15) is 0 Å². The monoisotopic (exact) mass is 180 g/mol. The van der Waals surface area contributed by atoms with Gasteiger partial charge in [0.15, 0.2) is 4.27 Å². The molecule has 60 valence electrons. The number of rotatable bonds is 0. The Morgan fingerprint density at radius 2 is 1.90 bits per heavy atom. The van der Waals surface area contributed by atoms with E-state index in [2.05, 4.69) is 25.3 Å². The number of hydrogen-bond acceptors (Lipinski definition) is 4. The first-order valence-corrected chi connectivity index (χ1v) is 4.35. The Balaban J connectivity index is 2.30. The van der Waals surface area contributed by atoms with E-state index in [0.717, 1.165) is 19.3 Å². The summed E-state index contributed by atoms with van der Waals surface area (Å²) >= 11 is 8.30. The Kier molecular flexibility index (Phi) is 3.36. The van der Waals surface area contributed by atoms with Crippen LogP contribution >= 0.6 is 25.3 Å². The van der Waals surface area contributed by atoms with Crippen LogP contribution in [0.5, 0.6) is 0 Å². The van der Waals surface area contributed by atoms with Gasteiger partial charge in [-0.25, -0.2) is 9.78 Å². The minimum atomic E-state index is -0.680. The maximum Gasteiger partial charge on any atom is 0.189 e. The van der Waals surface area contributed by atoms with E-state index in [4.69, 9.17) is 9.78 Å². The summed E-state index contributed by atoms with van der Waals surface area (Å²) in [6.07, 6.45) is 4.18. The summed E-state index contributed by atoms with van der Waals surface area (Å²) in [5, 5.41) is 0. The summed E-state index contributed by atoms with van der Waals surface area (Å²) in [4.78, 5) is 9.74. The molecule has 0 aromatic heterocycles. The highest BCUT2D eigenvalue weighted by Gasteiger charge is 2.23. The van der Waals surface area contributed by atoms with Crippen LogP contribution in [0.3, 0.4) is 0 Å². The van der Waals surface area contributed by atoms with Gasteiger partial charge in [0.05, 0.1) is 6.61 Å². The van der Waals surface area contributed by atoms with Crippen molar-refractivity contribution in [1.82, 2.24) is 0 Å². The molecule has 1 saturated heterocycles. The van der Waals surface area contributed by atoms with Gasteiger partial charge < -0.3 is 0 Å². The highest BCUT2D eigenvalue weighted by atomic mass is 32.2. The standard InChI is InChI=1S/C6H12O2S2/c9-6(10)4-2-1-3-5-7-8-6/h9-10H,1-5H2. The van der Waals surface area contributed by atoms with Crippen molar-refractivity contribution in [1.29, 1.82) is 0 Å². The van der Waals surface area contributed by atoms with Crippen LogP contribution in [0.1, 0.15) is 25.7 Å². The summed E-state index contributed by atoms with van der Waals surface area (Å²) in [6, 6.07) is 0. The summed E-state index contributed by atoms with van der Waals surface area (Å²) in [7, 11) is 0. The molecule has 0 bridgehead atoms. The molecule has 0 amide bonds. The average molecular weight is 180 g/mol. The molecule has 1 aliphatic heterocycles. The molecule has 1 aliphatic rings. The van der Waals surface area contributed by atoms with Crippen LogP contribution in [0.2, 0.25) is 0 Å². The zero-order valence-corrected chi connectivity index (χ0v) is 7.54. The van der Waals surface area contributed by atoms with Gasteiger partial charge in [-0.15, -0.1) is 25.3 Å². The fraction of sp³-hybridized carbons (Fsp3) is 1.00. The lowest BCUT2D eigenvalue weighted by atomic mass is 10.2. The predicted molar refractivity (Wildman–Crippen MR) is 46.2 cm³/mol. The van der Waals surface area contributed by atoms with E-state index in [9.17, 15) is 0 Å². The summed E-state index contributed by atoms with van der Waals surface area (Å²) in [6.45, 7) is 0.656. The maximum absolute atomic E-state index is 4.90. The van der Waals surface area contributed by atoms with Crippen molar-refractivity contribution in [2.75, 3.05) is 6.61 Å². The molecular weight excluding hydrogens is 168 g/mol. The fourth-order valence-corrected chi connectivity index (χ4v) is 1.29. The van der Waals surface area contributed by atoms with E-state index in [1.165, 1.54) is 6.42 Å². The molecule has 1 heterocycles. The van der Waals surface area contributed by atoms with Crippen molar-refractivity contribution < 1.29 is 9.78 Å². The van der Waals surface area contributed by atoms with Crippen molar-refractivity contribution in [2.24, 2.45) is 0 Å². The molecule has 4 heteroatoms. The molecular formula is C6H12O2S2. The van der Waals surface area contributed by atoms with E-state index in [0.29, 0.717) is 6.61 Å². The largest absolute Gasteiger partial charge is 0.234 e. The molecule has 0 unspecified atom stereocenters. The van der Waals surface area contributed by atoms with Crippen LogP contribution in [-0.2, 0) is 9.78 Å². The third-order valence-electron chi connectivity index (χ3n) is 1.42. The zero-order chi connectivity index (χ0) is 7.45. The first kappa shape index (κ1) is 8.71. The first-order valence-electron chi connectivity index (χ1n) is 3.46. The minimum Gasteiger partial charge on any atom is -0.234 e. The normalized spacial score (nSPS) is 27.0. The molecule has 0 atom stereocenters. The molecule has 0 saturated carbocycles. The molecule has 0 radical (unpaired) electrons. The van der Waals surface area contributed by atoms with Crippen molar-refractivity contribution in [3.63, 3.8) is 0 Å². The fourth-order valence-electron chi connectivity index (χ4n) is 0.871. The molecule has 2 nitrogen and oxygen atoms in total. The van der Waals surface area contributed by atoms with Gasteiger partial charge in [0.25, 0.3) is 0 Å². The second-order valence-corrected chi connectivity index (χ2v) is 4.26. The Morgan fingerprint density at radius 3 is 2.70 bits per heavy atom. The lowest BCUT2D eigenvalue weighted by Crippen LogP contribution is -2.20. The van der Waals surface area contributed by atoms with Crippen molar-refractivity contribution in [2.45, 2.75) is 29.9 Å². The van der Waals surface area contributed by atoms with Gasteiger partial charge in [-0.1, -0.05) is 6.42 Å². The van der Waals surface area contributed by atoms with E-state index < -0.39 is 4.27 Å². The van der Waals surface area contributed by atoms with Crippen LogP contribution in [0.25, 0.3) is 0 Å². The molecule has 1 rings (SSSR count). The van der Waals surface area contributed by atoms with E-state index in [1.54, 1.807) is 0 Å². The van der Waals surface area contributed by atoms with Crippen LogP contribution < -0.4 is 0 Å². The molecule has 0 aromatic rings. The summed E-state index contributed by atoms with van der Waals surface area (Å²) in [5.41, 5.74) is 0. The summed E-state index contributed by atoms with van der Waals surface area (Å²) < 4.78 is -0.680. The molecule has 0 aromatic carbocycles. The average Bonchev–Trinajstić information content (AvgIpc) is 1.81. The first-order chi connectivity index (χ1) is 4.71. The van der Waals surface area contributed by atoms with Crippen molar-refractivity contribution in [3.8, 4) is 0 Å². The lowest BCUT2D eigenvalue weighted by Gasteiger charge is -2.23. The lowest BCUT2D eigenvalue weighted by molar-refractivity contribution is -0.317. The van der Waals surface area contributed by atoms with Gasteiger partial charge in [0, 0.05) is 0 Å². The third-order valence-corrected chi connectivity index (χ3v) is 2.02. The van der Waals surface area contributed by atoms with Gasteiger partial charge in [0.2, 0.25) is 0 Å². The molecule has 0 spiro atoms. The number of hydrogen-bond donors (Lipinski definition) is 2. The van der Waals surface area contributed by atoms with Gasteiger partial charge in [-0.2, -0.15) is 0 Å². The van der Waals surface area contributed by atoms with Crippen LogP contribution in [-0.4, -0.2) is 10.9 Å². The van der Waals surface area contributed by atoms with Gasteiger partial charge in [-0.3, -0.25) is 0 Å². The van der Waals surface area contributed by atoms with Crippen LogP contribution in [0, 0.1) is 0 Å². The predicted octanol–water partition coefficient (Wildman–Crippen LogP) is 2.02. The quantitative estimate of drug-likeness (QED) is 0.337. The van der Waals surface area contributed by atoms with Gasteiger partial charge >= 0.3 is 0 Å². The molecule has 0 N–H and O–H groups in total. The second-order valence-electron chi connectivity index (χ2n) is 2.46. The maximum atomic E-state index is 4.90. The van der Waals surface area contributed by atoms with Crippen LogP contribution in [0.15, 0.2) is 0 Å². The topological polar surface area (TPSA) is 18.5 Å². The zero-order valence-electron chi connectivity index (χ0n) is 5.75. The smallest absolute Gasteiger partial charge is 0.189 e.